The van der Waals surface area contributed by atoms with Crippen LogP contribution in [0.2, 0.25) is 0 Å². The molecule has 138 valence electrons. The minimum absolute atomic E-state index is 0.124. The minimum atomic E-state index is -0.475. The number of aryl methyl sites for hydroxylation is 1. The Morgan fingerprint density at radius 2 is 2.08 bits per heavy atom. The van der Waals surface area contributed by atoms with Crippen molar-refractivity contribution in [2.45, 2.75) is 45.2 Å². The first-order valence-electron chi connectivity index (χ1n) is 8.82. The van der Waals surface area contributed by atoms with E-state index >= 15 is 0 Å². The highest BCUT2D eigenvalue weighted by atomic mass is 19.1. The Morgan fingerprint density at radius 1 is 1.35 bits per heavy atom. The summed E-state index contributed by atoms with van der Waals surface area (Å²) in [6.07, 6.45) is 2.66. The number of halogens is 1. The molecule has 1 aromatic carbocycles. The van der Waals surface area contributed by atoms with Gasteiger partial charge in [0, 0.05) is 30.4 Å². The Balaban J connectivity index is 2.05. The molecule has 7 heteroatoms. The fourth-order valence-electron chi connectivity index (χ4n) is 3.46. The van der Waals surface area contributed by atoms with E-state index in [9.17, 15) is 14.0 Å². The molecule has 2 unspecified atom stereocenters. The van der Waals surface area contributed by atoms with Crippen LogP contribution < -0.4 is 11.2 Å². The highest BCUT2D eigenvalue weighted by molar-refractivity contribution is 5.92. The lowest BCUT2D eigenvalue weighted by Crippen LogP contribution is -2.52. The number of hydrogen-bond acceptors (Lipinski definition) is 4. The van der Waals surface area contributed by atoms with Crippen molar-refractivity contribution in [3.05, 3.63) is 57.8 Å². The zero-order chi connectivity index (χ0) is 18.8. The number of benzene rings is 1. The number of carbonyl (C=O) groups excluding carboxylic acids is 1. The SMILES string of the molecule is Cc1cc(=O)c(C(=O)N2CCCCC2C(C)N)nn1-c1ccccc1F. The van der Waals surface area contributed by atoms with Gasteiger partial charge in [-0.1, -0.05) is 12.1 Å². The first-order valence-corrected chi connectivity index (χ1v) is 8.82. The summed E-state index contributed by atoms with van der Waals surface area (Å²) in [7, 11) is 0. The molecule has 0 bridgehead atoms. The predicted molar refractivity (Wildman–Crippen MR) is 96.9 cm³/mol. The highest BCUT2D eigenvalue weighted by Gasteiger charge is 2.32. The summed E-state index contributed by atoms with van der Waals surface area (Å²) >= 11 is 0. The average molecular weight is 358 g/mol. The van der Waals surface area contributed by atoms with Gasteiger partial charge in [0.2, 0.25) is 5.43 Å². The maximum atomic E-state index is 14.2. The summed E-state index contributed by atoms with van der Waals surface area (Å²) in [6.45, 7) is 4.05. The lowest BCUT2D eigenvalue weighted by molar-refractivity contribution is 0.0574. The van der Waals surface area contributed by atoms with Crippen molar-refractivity contribution >= 4 is 5.91 Å². The van der Waals surface area contributed by atoms with Crippen molar-refractivity contribution < 1.29 is 9.18 Å². The van der Waals surface area contributed by atoms with Crippen molar-refractivity contribution in [1.29, 1.82) is 0 Å². The molecule has 1 aliphatic rings. The van der Waals surface area contributed by atoms with Gasteiger partial charge in [0.1, 0.15) is 11.5 Å². The molecule has 2 heterocycles. The molecule has 0 spiro atoms. The first-order chi connectivity index (χ1) is 12.4. The number of amides is 1. The smallest absolute Gasteiger partial charge is 0.278 e. The number of likely N-dealkylation sites (tertiary alicyclic amines) is 1. The van der Waals surface area contributed by atoms with Gasteiger partial charge in [-0.3, -0.25) is 9.59 Å². The highest BCUT2D eigenvalue weighted by Crippen LogP contribution is 2.21. The van der Waals surface area contributed by atoms with E-state index in [2.05, 4.69) is 5.10 Å². The summed E-state index contributed by atoms with van der Waals surface area (Å²) in [4.78, 5) is 27.1. The Hall–Kier alpha value is -2.54. The van der Waals surface area contributed by atoms with E-state index in [1.807, 2.05) is 6.92 Å². The largest absolute Gasteiger partial charge is 0.333 e. The van der Waals surface area contributed by atoms with E-state index in [0.717, 1.165) is 19.3 Å². The fourth-order valence-corrected chi connectivity index (χ4v) is 3.46. The molecule has 1 aliphatic heterocycles. The summed E-state index contributed by atoms with van der Waals surface area (Å²) in [5.74, 6) is -0.918. The van der Waals surface area contributed by atoms with Crippen LogP contribution in [0.15, 0.2) is 35.1 Å². The molecule has 1 saturated heterocycles. The number of para-hydroxylation sites is 1. The van der Waals surface area contributed by atoms with Gasteiger partial charge in [-0.15, -0.1) is 0 Å². The summed E-state index contributed by atoms with van der Waals surface area (Å²) in [5.41, 5.74) is 6.02. The zero-order valence-electron chi connectivity index (χ0n) is 15.0. The van der Waals surface area contributed by atoms with Crippen LogP contribution in [0, 0.1) is 12.7 Å². The lowest BCUT2D eigenvalue weighted by atomic mass is 9.96. The number of rotatable bonds is 3. The minimum Gasteiger partial charge on any atom is -0.333 e. The molecule has 2 aromatic rings. The zero-order valence-corrected chi connectivity index (χ0v) is 15.0. The summed E-state index contributed by atoms with van der Waals surface area (Å²) in [6, 6.07) is 7.11. The van der Waals surface area contributed by atoms with Gasteiger partial charge in [-0.05, 0) is 45.2 Å². The molecular weight excluding hydrogens is 335 g/mol. The molecule has 1 fully saturated rings. The van der Waals surface area contributed by atoms with Crippen LogP contribution in [0.25, 0.3) is 5.69 Å². The van der Waals surface area contributed by atoms with Crippen molar-refractivity contribution in [2.24, 2.45) is 5.73 Å². The fraction of sp³-hybridized carbons (Fsp3) is 0.421. The number of nitrogens with zero attached hydrogens (tertiary/aromatic N) is 3. The number of hydrogen-bond donors (Lipinski definition) is 1. The molecule has 1 amide bonds. The molecule has 0 radical (unpaired) electrons. The van der Waals surface area contributed by atoms with Gasteiger partial charge in [-0.25, -0.2) is 9.07 Å². The Bertz CT molecular complexity index is 878. The molecular formula is C19H23FN4O2. The molecule has 26 heavy (non-hydrogen) atoms. The summed E-state index contributed by atoms with van der Waals surface area (Å²) in [5, 5.41) is 4.20. The average Bonchev–Trinajstić information content (AvgIpc) is 2.62. The Morgan fingerprint density at radius 3 is 2.77 bits per heavy atom. The third kappa shape index (κ3) is 3.39. The predicted octanol–water partition coefficient (Wildman–Crippen LogP) is 2.02. The molecule has 3 rings (SSSR count). The second-order valence-electron chi connectivity index (χ2n) is 6.78. The standard InChI is InChI=1S/C19H23FN4O2/c1-12-11-17(25)18(22-24(12)16-9-4-3-7-14(16)20)19(26)23-10-6-5-8-15(23)13(2)21/h3-4,7,9,11,13,15H,5-6,8,10,21H2,1-2H3. The monoisotopic (exact) mass is 358 g/mol. The van der Waals surface area contributed by atoms with Crippen molar-refractivity contribution in [1.82, 2.24) is 14.7 Å². The van der Waals surface area contributed by atoms with E-state index in [0.29, 0.717) is 12.2 Å². The van der Waals surface area contributed by atoms with Gasteiger partial charge in [0.15, 0.2) is 5.69 Å². The van der Waals surface area contributed by atoms with Crippen molar-refractivity contribution in [3.63, 3.8) is 0 Å². The maximum Gasteiger partial charge on any atom is 0.278 e. The van der Waals surface area contributed by atoms with Gasteiger partial charge in [-0.2, -0.15) is 5.10 Å². The number of carbonyl (C=O) groups is 1. The molecule has 1 aromatic heterocycles. The van der Waals surface area contributed by atoms with Crippen LogP contribution in [0.4, 0.5) is 4.39 Å². The summed E-state index contributed by atoms with van der Waals surface area (Å²) < 4.78 is 15.5. The molecule has 0 aliphatic carbocycles. The van der Waals surface area contributed by atoms with Crippen LogP contribution in [0.1, 0.15) is 42.4 Å². The van der Waals surface area contributed by atoms with Crippen LogP contribution in [0.3, 0.4) is 0 Å². The topological polar surface area (TPSA) is 81.2 Å². The maximum absolute atomic E-state index is 14.2. The van der Waals surface area contributed by atoms with Crippen LogP contribution in [-0.2, 0) is 0 Å². The normalized spacial score (nSPS) is 18.6. The number of nitrogens with two attached hydrogens (primary N) is 1. The third-order valence-electron chi connectivity index (χ3n) is 4.81. The first kappa shape index (κ1) is 18.3. The molecule has 6 nitrogen and oxygen atoms in total. The molecule has 2 N–H and O–H groups in total. The molecule has 2 atom stereocenters. The second kappa shape index (κ2) is 7.37. The van der Waals surface area contributed by atoms with E-state index < -0.39 is 17.2 Å². The van der Waals surface area contributed by atoms with Gasteiger partial charge < -0.3 is 10.6 Å². The van der Waals surface area contributed by atoms with Gasteiger partial charge in [0.25, 0.3) is 5.91 Å². The third-order valence-corrected chi connectivity index (χ3v) is 4.81. The Labute approximate surface area is 151 Å². The van der Waals surface area contributed by atoms with E-state index in [4.69, 9.17) is 5.73 Å². The van der Waals surface area contributed by atoms with Crippen LogP contribution >= 0.6 is 0 Å². The quantitative estimate of drug-likeness (QED) is 0.910. The van der Waals surface area contributed by atoms with Crippen LogP contribution in [-0.4, -0.2) is 39.2 Å². The number of piperidine rings is 1. The van der Waals surface area contributed by atoms with Gasteiger partial charge >= 0.3 is 0 Å². The van der Waals surface area contributed by atoms with Gasteiger partial charge in [0.05, 0.1) is 0 Å². The van der Waals surface area contributed by atoms with E-state index in [1.165, 1.54) is 16.8 Å². The molecule has 0 saturated carbocycles. The van der Waals surface area contributed by atoms with Crippen molar-refractivity contribution in [2.75, 3.05) is 6.54 Å². The second-order valence-corrected chi connectivity index (χ2v) is 6.78. The van der Waals surface area contributed by atoms with E-state index in [-0.39, 0.29) is 23.5 Å². The van der Waals surface area contributed by atoms with Crippen molar-refractivity contribution in [3.8, 4) is 5.69 Å². The Kier molecular flexibility index (Phi) is 5.18. The number of aromatic nitrogens is 2. The van der Waals surface area contributed by atoms with E-state index in [1.54, 1.807) is 30.0 Å². The lowest BCUT2D eigenvalue weighted by Gasteiger charge is -2.37. The van der Waals surface area contributed by atoms with Crippen LogP contribution in [0.5, 0.6) is 0 Å².